The molecule has 0 spiro atoms. The number of rotatable bonds is 8. The normalized spacial score (nSPS) is 14.6. The van der Waals surface area contributed by atoms with Gasteiger partial charge in [0.15, 0.2) is 5.76 Å². The number of amides is 1. The molecule has 1 saturated carbocycles. The van der Waals surface area contributed by atoms with E-state index in [2.05, 4.69) is 42.3 Å². The van der Waals surface area contributed by atoms with Gasteiger partial charge in [-0.15, -0.1) is 0 Å². The molecule has 5 heteroatoms. The molecule has 0 bridgehead atoms. The van der Waals surface area contributed by atoms with Crippen LogP contribution in [-0.2, 0) is 5.75 Å². The van der Waals surface area contributed by atoms with Crippen LogP contribution in [0.3, 0.4) is 0 Å². The lowest BCUT2D eigenvalue weighted by atomic mass is 10.0. The van der Waals surface area contributed by atoms with E-state index in [1.807, 2.05) is 42.1 Å². The molecule has 1 amide bonds. The molecule has 0 radical (unpaired) electrons. The molecule has 0 unspecified atom stereocenters. The fourth-order valence-corrected chi connectivity index (χ4v) is 5.75. The summed E-state index contributed by atoms with van der Waals surface area (Å²) in [7, 11) is 0. The molecule has 3 aromatic rings. The second kappa shape index (κ2) is 10.3. The van der Waals surface area contributed by atoms with Crippen molar-refractivity contribution in [2.75, 3.05) is 23.3 Å². The maximum absolute atomic E-state index is 13.2. The predicted octanol–water partition coefficient (Wildman–Crippen LogP) is 7.10. The van der Waals surface area contributed by atoms with Gasteiger partial charge in [-0.25, -0.2) is 0 Å². The van der Waals surface area contributed by atoms with Crippen LogP contribution in [0.2, 0.25) is 0 Å². The second-order valence-corrected chi connectivity index (χ2v) is 9.44. The van der Waals surface area contributed by atoms with Gasteiger partial charge in [0.1, 0.15) is 5.58 Å². The Morgan fingerprint density at radius 3 is 2.45 bits per heavy atom. The smallest absolute Gasteiger partial charge is 0.291 e. The molecule has 0 aliphatic heterocycles. The molecule has 1 N–H and O–H groups in total. The number of fused-ring (bicyclic) bond motifs is 1. The van der Waals surface area contributed by atoms with Crippen molar-refractivity contribution < 1.29 is 9.21 Å². The van der Waals surface area contributed by atoms with Crippen molar-refractivity contribution in [2.45, 2.75) is 57.0 Å². The average Bonchev–Trinajstić information content (AvgIpc) is 3.19. The van der Waals surface area contributed by atoms with Gasteiger partial charge in [0, 0.05) is 46.4 Å². The van der Waals surface area contributed by atoms with Crippen molar-refractivity contribution in [3.63, 3.8) is 0 Å². The number of para-hydroxylation sites is 1. The standard InChI is InChI=1S/C26H32N2O2S/c1-3-28(4-2)20-16-14-19(15-17-20)27-26(29)25-23(18-31-21-10-6-5-7-11-21)22-12-8-9-13-24(22)30-25/h8-9,12-17,21H,3-7,10-11,18H2,1-2H3,(H,27,29). The van der Waals surface area contributed by atoms with E-state index in [0.717, 1.165) is 46.7 Å². The van der Waals surface area contributed by atoms with Gasteiger partial charge in [-0.1, -0.05) is 37.5 Å². The van der Waals surface area contributed by atoms with Gasteiger partial charge in [0.05, 0.1) is 0 Å². The van der Waals surface area contributed by atoms with Crippen LogP contribution < -0.4 is 10.2 Å². The molecular weight excluding hydrogens is 404 g/mol. The Hall–Kier alpha value is -2.40. The van der Waals surface area contributed by atoms with E-state index in [9.17, 15) is 4.79 Å². The van der Waals surface area contributed by atoms with Crippen LogP contribution in [0.1, 0.15) is 62.1 Å². The van der Waals surface area contributed by atoms with E-state index < -0.39 is 0 Å². The maximum Gasteiger partial charge on any atom is 0.291 e. The zero-order valence-corrected chi connectivity index (χ0v) is 19.3. The SMILES string of the molecule is CCN(CC)c1ccc(NC(=O)c2oc3ccccc3c2CSC2CCCCC2)cc1. The first-order valence-corrected chi connectivity index (χ1v) is 12.5. The van der Waals surface area contributed by atoms with Gasteiger partial charge in [-0.2, -0.15) is 11.8 Å². The van der Waals surface area contributed by atoms with Crippen molar-refractivity contribution in [2.24, 2.45) is 0 Å². The molecule has 4 rings (SSSR count). The highest BCUT2D eigenvalue weighted by Gasteiger charge is 2.22. The molecule has 1 heterocycles. The molecular formula is C26H32N2O2S. The molecule has 31 heavy (non-hydrogen) atoms. The Morgan fingerprint density at radius 1 is 1.03 bits per heavy atom. The number of benzene rings is 2. The van der Waals surface area contributed by atoms with Crippen LogP contribution in [-0.4, -0.2) is 24.2 Å². The predicted molar refractivity (Wildman–Crippen MR) is 132 cm³/mol. The second-order valence-electron chi connectivity index (χ2n) is 8.15. The van der Waals surface area contributed by atoms with Gasteiger partial charge in [-0.05, 0) is 57.0 Å². The minimum absolute atomic E-state index is 0.175. The Balaban J connectivity index is 1.53. The summed E-state index contributed by atoms with van der Waals surface area (Å²) in [5.41, 5.74) is 3.75. The van der Waals surface area contributed by atoms with Crippen molar-refractivity contribution in [1.82, 2.24) is 0 Å². The molecule has 1 fully saturated rings. The first-order chi connectivity index (χ1) is 15.2. The van der Waals surface area contributed by atoms with Gasteiger partial charge in [0.25, 0.3) is 5.91 Å². The molecule has 1 aromatic heterocycles. The summed E-state index contributed by atoms with van der Waals surface area (Å²) in [6, 6.07) is 16.0. The van der Waals surface area contributed by atoms with E-state index in [1.54, 1.807) is 0 Å². The summed E-state index contributed by atoms with van der Waals surface area (Å²) in [6.45, 7) is 6.22. The number of carbonyl (C=O) groups is 1. The molecule has 0 atom stereocenters. The molecule has 2 aromatic carbocycles. The zero-order valence-electron chi connectivity index (χ0n) is 18.5. The van der Waals surface area contributed by atoms with Crippen LogP contribution in [0, 0.1) is 0 Å². The summed E-state index contributed by atoms with van der Waals surface area (Å²) in [5.74, 6) is 1.08. The fraction of sp³-hybridized carbons (Fsp3) is 0.423. The number of furan rings is 1. The molecule has 1 aliphatic carbocycles. The first kappa shape index (κ1) is 21.8. The highest BCUT2D eigenvalue weighted by molar-refractivity contribution is 7.99. The van der Waals surface area contributed by atoms with Crippen LogP contribution >= 0.6 is 11.8 Å². The minimum atomic E-state index is -0.175. The van der Waals surface area contributed by atoms with E-state index in [1.165, 1.54) is 32.1 Å². The summed E-state index contributed by atoms with van der Waals surface area (Å²) >= 11 is 1.97. The van der Waals surface area contributed by atoms with Gasteiger partial charge < -0.3 is 14.6 Å². The summed E-state index contributed by atoms with van der Waals surface area (Å²) in [4.78, 5) is 15.4. The number of thioether (sulfide) groups is 1. The number of carbonyl (C=O) groups excluding carboxylic acids is 1. The topological polar surface area (TPSA) is 45.5 Å². The largest absolute Gasteiger partial charge is 0.451 e. The molecule has 4 nitrogen and oxygen atoms in total. The van der Waals surface area contributed by atoms with Gasteiger partial charge in [-0.3, -0.25) is 4.79 Å². The van der Waals surface area contributed by atoms with Crippen molar-refractivity contribution in [3.8, 4) is 0 Å². The van der Waals surface area contributed by atoms with Crippen LogP contribution in [0.4, 0.5) is 11.4 Å². The summed E-state index contributed by atoms with van der Waals surface area (Å²) in [6.07, 6.45) is 6.55. The summed E-state index contributed by atoms with van der Waals surface area (Å²) in [5, 5.41) is 4.77. The van der Waals surface area contributed by atoms with Crippen LogP contribution in [0.25, 0.3) is 11.0 Å². The number of anilines is 2. The Bertz CT molecular complexity index is 1000. The Kier molecular flexibility index (Phi) is 7.23. The van der Waals surface area contributed by atoms with E-state index in [4.69, 9.17) is 4.42 Å². The van der Waals surface area contributed by atoms with Crippen LogP contribution in [0.15, 0.2) is 52.9 Å². The number of nitrogens with zero attached hydrogens (tertiary/aromatic N) is 1. The lowest BCUT2D eigenvalue weighted by Gasteiger charge is -2.21. The third kappa shape index (κ3) is 5.09. The molecule has 164 valence electrons. The lowest BCUT2D eigenvalue weighted by molar-refractivity contribution is 0.0998. The van der Waals surface area contributed by atoms with Crippen molar-refractivity contribution in [3.05, 3.63) is 59.9 Å². The zero-order chi connectivity index (χ0) is 21.6. The maximum atomic E-state index is 13.2. The monoisotopic (exact) mass is 436 g/mol. The van der Waals surface area contributed by atoms with E-state index >= 15 is 0 Å². The van der Waals surface area contributed by atoms with E-state index in [-0.39, 0.29) is 5.91 Å². The van der Waals surface area contributed by atoms with Crippen LogP contribution in [0.5, 0.6) is 0 Å². The summed E-state index contributed by atoms with van der Waals surface area (Å²) < 4.78 is 6.04. The first-order valence-electron chi connectivity index (χ1n) is 11.5. The highest BCUT2D eigenvalue weighted by atomic mass is 32.2. The quantitative estimate of drug-likeness (QED) is 0.409. The molecule has 1 aliphatic rings. The number of hydrogen-bond donors (Lipinski definition) is 1. The third-order valence-electron chi connectivity index (χ3n) is 6.17. The van der Waals surface area contributed by atoms with Crippen molar-refractivity contribution in [1.29, 1.82) is 0 Å². The lowest BCUT2D eigenvalue weighted by Crippen LogP contribution is -2.21. The fourth-order valence-electron chi connectivity index (χ4n) is 4.39. The van der Waals surface area contributed by atoms with E-state index in [0.29, 0.717) is 11.0 Å². The van der Waals surface area contributed by atoms with Gasteiger partial charge in [0.2, 0.25) is 0 Å². The Morgan fingerprint density at radius 2 is 1.74 bits per heavy atom. The highest BCUT2D eigenvalue weighted by Crippen LogP contribution is 2.35. The minimum Gasteiger partial charge on any atom is -0.451 e. The van der Waals surface area contributed by atoms with Gasteiger partial charge >= 0.3 is 0 Å². The number of hydrogen-bond acceptors (Lipinski definition) is 4. The Labute approximate surface area is 189 Å². The average molecular weight is 437 g/mol. The number of nitrogens with one attached hydrogen (secondary N) is 1. The third-order valence-corrected chi connectivity index (χ3v) is 7.57. The van der Waals surface area contributed by atoms with Crippen molar-refractivity contribution >= 4 is 40.0 Å². The molecule has 0 saturated heterocycles.